The zero-order valence-corrected chi connectivity index (χ0v) is 16.6. The molecule has 0 saturated carbocycles. The molecular formula is C21H28N2O2S. The Labute approximate surface area is 157 Å². The number of hydrogen-bond donors (Lipinski definition) is 1. The van der Waals surface area contributed by atoms with Gasteiger partial charge in [-0.15, -0.1) is 0 Å². The highest BCUT2D eigenvalue weighted by molar-refractivity contribution is 7.92. The highest BCUT2D eigenvalue weighted by atomic mass is 32.2. The monoisotopic (exact) mass is 372 g/mol. The fourth-order valence-corrected chi connectivity index (χ4v) is 4.30. The third-order valence-corrected chi connectivity index (χ3v) is 6.27. The molecule has 4 nitrogen and oxygen atoms in total. The minimum Gasteiger partial charge on any atom is -0.372 e. The number of rotatable bonds is 4. The zero-order chi connectivity index (χ0) is 18.8. The van der Waals surface area contributed by atoms with Crippen molar-refractivity contribution in [2.75, 3.05) is 22.7 Å². The number of piperidine rings is 1. The van der Waals surface area contributed by atoms with E-state index < -0.39 is 10.0 Å². The van der Waals surface area contributed by atoms with Gasteiger partial charge in [0.2, 0.25) is 0 Å². The van der Waals surface area contributed by atoms with Gasteiger partial charge in [0.1, 0.15) is 0 Å². The van der Waals surface area contributed by atoms with Crippen LogP contribution in [0.4, 0.5) is 11.4 Å². The van der Waals surface area contributed by atoms with E-state index in [2.05, 4.69) is 30.4 Å². The topological polar surface area (TPSA) is 49.4 Å². The van der Waals surface area contributed by atoms with E-state index in [1.165, 1.54) is 19.3 Å². The third-order valence-electron chi connectivity index (χ3n) is 4.87. The molecule has 1 aliphatic rings. The summed E-state index contributed by atoms with van der Waals surface area (Å²) in [5.41, 5.74) is 2.86. The molecule has 1 N–H and O–H groups in total. The fraction of sp³-hybridized carbons (Fsp3) is 0.429. The van der Waals surface area contributed by atoms with Gasteiger partial charge in [0.15, 0.2) is 0 Å². The molecule has 0 aromatic heterocycles. The average molecular weight is 373 g/mol. The standard InChI is InChI=1S/C21H28N2O2S/c1-21(2,3)17-7-13-20(14-8-17)26(24,25)22-18-9-11-19(12-10-18)23-15-5-4-6-16-23/h7-14,22H,4-6,15-16H2,1-3H3. The van der Waals surface area contributed by atoms with Crippen molar-refractivity contribution >= 4 is 21.4 Å². The quantitative estimate of drug-likeness (QED) is 0.840. The molecular weight excluding hydrogens is 344 g/mol. The Morgan fingerprint density at radius 1 is 0.846 bits per heavy atom. The summed E-state index contributed by atoms with van der Waals surface area (Å²) in [7, 11) is -3.58. The molecule has 1 heterocycles. The van der Waals surface area contributed by atoms with Gasteiger partial charge in [-0.25, -0.2) is 8.42 Å². The molecule has 0 aliphatic carbocycles. The van der Waals surface area contributed by atoms with Crippen molar-refractivity contribution in [1.29, 1.82) is 0 Å². The molecule has 0 spiro atoms. The lowest BCUT2D eigenvalue weighted by Gasteiger charge is -2.28. The van der Waals surface area contributed by atoms with Crippen molar-refractivity contribution in [2.45, 2.75) is 50.3 Å². The maximum Gasteiger partial charge on any atom is 0.261 e. The largest absolute Gasteiger partial charge is 0.372 e. The lowest BCUT2D eigenvalue weighted by molar-refractivity contribution is 0.578. The Bertz CT molecular complexity index is 829. The predicted molar refractivity (Wildman–Crippen MR) is 108 cm³/mol. The molecule has 3 rings (SSSR count). The molecule has 0 bridgehead atoms. The molecule has 26 heavy (non-hydrogen) atoms. The summed E-state index contributed by atoms with van der Waals surface area (Å²) in [6.45, 7) is 8.48. The molecule has 5 heteroatoms. The van der Waals surface area contributed by atoms with E-state index in [1.54, 1.807) is 12.1 Å². The van der Waals surface area contributed by atoms with Gasteiger partial charge in [-0.3, -0.25) is 4.72 Å². The van der Waals surface area contributed by atoms with Crippen molar-refractivity contribution in [3.63, 3.8) is 0 Å². The Kier molecular flexibility index (Phi) is 5.28. The second-order valence-corrected chi connectivity index (χ2v) is 9.66. The number of sulfonamides is 1. The van der Waals surface area contributed by atoms with E-state index in [-0.39, 0.29) is 10.3 Å². The van der Waals surface area contributed by atoms with Gasteiger partial charge >= 0.3 is 0 Å². The number of hydrogen-bond acceptors (Lipinski definition) is 3. The van der Waals surface area contributed by atoms with Gasteiger partial charge in [0.25, 0.3) is 10.0 Å². The molecule has 1 fully saturated rings. The summed E-state index contributed by atoms with van der Waals surface area (Å²) in [4.78, 5) is 2.64. The van der Waals surface area contributed by atoms with Crippen molar-refractivity contribution in [2.24, 2.45) is 0 Å². The lowest BCUT2D eigenvalue weighted by atomic mass is 9.87. The molecule has 0 atom stereocenters. The number of nitrogens with one attached hydrogen (secondary N) is 1. The van der Waals surface area contributed by atoms with Crippen LogP contribution in [0.5, 0.6) is 0 Å². The van der Waals surface area contributed by atoms with Gasteiger partial charge in [0, 0.05) is 24.5 Å². The highest BCUT2D eigenvalue weighted by Crippen LogP contribution is 2.26. The first-order valence-corrected chi connectivity index (χ1v) is 10.7. The van der Waals surface area contributed by atoms with E-state index in [9.17, 15) is 8.42 Å². The SMILES string of the molecule is CC(C)(C)c1ccc(S(=O)(=O)Nc2ccc(N3CCCCC3)cc2)cc1. The normalized spacial score (nSPS) is 15.7. The molecule has 2 aromatic rings. The minimum absolute atomic E-state index is 0.00000367. The van der Waals surface area contributed by atoms with E-state index >= 15 is 0 Å². The predicted octanol–water partition coefficient (Wildman–Crippen LogP) is 4.78. The van der Waals surface area contributed by atoms with Crippen LogP contribution in [0, 0.1) is 0 Å². The fourth-order valence-electron chi connectivity index (χ4n) is 3.24. The number of nitrogens with zero attached hydrogens (tertiary/aromatic N) is 1. The Morgan fingerprint density at radius 2 is 1.42 bits per heavy atom. The van der Waals surface area contributed by atoms with Crippen LogP contribution in [0.1, 0.15) is 45.6 Å². The third kappa shape index (κ3) is 4.39. The van der Waals surface area contributed by atoms with E-state index in [4.69, 9.17) is 0 Å². The number of anilines is 2. The van der Waals surface area contributed by atoms with Gasteiger partial charge < -0.3 is 4.90 Å². The first-order valence-electron chi connectivity index (χ1n) is 9.24. The summed E-state index contributed by atoms with van der Waals surface area (Å²) < 4.78 is 27.9. The van der Waals surface area contributed by atoms with Gasteiger partial charge in [0.05, 0.1) is 4.90 Å². The van der Waals surface area contributed by atoms with Crippen molar-refractivity contribution in [3.8, 4) is 0 Å². The van der Waals surface area contributed by atoms with Crippen LogP contribution < -0.4 is 9.62 Å². The summed E-state index contributed by atoms with van der Waals surface area (Å²) in [6, 6.07) is 14.8. The van der Waals surface area contributed by atoms with E-state index in [0.717, 1.165) is 24.3 Å². The highest BCUT2D eigenvalue weighted by Gasteiger charge is 2.18. The molecule has 0 amide bonds. The van der Waals surface area contributed by atoms with Crippen LogP contribution in [0.25, 0.3) is 0 Å². The average Bonchev–Trinajstić information content (AvgIpc) is 2.62. The Hall–Kier alpha value is -2.01. The molecule has 140 valence electrons. The smallest absolute Gasteiger partial charge is 0.261 e. The summed E-state index contributed by atoms with van der Waals surface area (Å²) >= 11 is 0. The summed E-state index contributed by atoms with van der Waals surface area (Å²) in [5, 5.41) is 0. The van der Waals surface area contributed by atoms with Crippen LogP contribution in [0.2, 0.25) is 0 Å². The van der Waals surface area contributed by atoms with Crippen LogP contribution in [0.3, 0.4) is 0 Å². The Morgan fingerprint density at radius 3 is 1.96 bits per heavy atom. The van der Waals surface area contributed by atoms with Crippen molar-refractivity contribution in [1.82, 2.24) is 0 Å². The van der Waals surface area contributed by atoms with Crippen molar-refractivity contribution in [3.05, 3.63) is 54.1 Å². The lowest BCUT2D eigenvalue weighted by Crippen LogP contribution is -2.29. The molecule has 0 radical (unpaired) electrons. The van der Waals surface area contributed by atoms with Crippen LogP contribution in [0.15, 0.2) is 53.4 Å². The first-order chi connectivity index (χ1) is 12.3. The summed E-state index contributed by atoms with van der Waals surface area (Å²) in [6.07, 6.45) is 3.74. The van der Waals surface area contributed by atoms with Crippen LogP contribution in [-0.2, 0) is 15.4 Å². The first kappa shape index (κ1) is 18.8. The maximum atomic E-state index is 12.6. The van der Waals surface area contributed by atoms with Gasteiger partial charge in [-0.05, 0) is 66.6 Å². The van der Waals surface area contributed by atoms with E-state index in [0.29, 0.717) is 5.69 Å². The molecule has 1 aliphatic heterocycles. The molecule has 0 unspecified atom stereocenters. The summed E-state index contributed by atoms with van der Waals surface area (Å²) in [5.74, 6) is 0. The van der Waals surface area contributed by atoms with Crippen LogP contribution in [-0.4, -0.2) is 21.5 Å². The van der Waals surface area contributed by atoms with Crippen LogP contribution >= 0.6 is 0 Å². The minimum atomic E-state index is -3.58. The maximum absolute atomic E-state index is 12.6. The van der Waals surface area contributed by atoms with E-state index in [1.807, 2.05) is 36.4 Å². The second-order valence-electron chi connectivity index (χ2n) is 7.97. The molecule has 2 aromatic carbocycles. The van der Waals surface area contributed by atoms with Gasteiger partial charge in [-0.2, -0.15) is 0 Å². The Balaban J connectivity index is 1.72. The number of benzene rings is 2. The second kappa shape index (κ2) is 7.31. The van der Waals surface area contributed by atoms with Gasteiger partial charge in [-0.1, -0.05) is 32.9 Å². The zero-order valence-electron chi connectivity index (χ0n) is 15.8. The molecule has 1 saturated heterocycles. The van der Waals surface area contributed by atoms with Crippen molar-refractivity contribution < 1.29 is 8.42 Å².